The lowest BCUT2D eigenvalue weighted by atomic mass is 9.98. The fraction of sp³-hybridized carbons (Fsp3) is 0.256. The molecule has 0 saturated carbocycles. The summed E-state index contributed by atoms with van der Waals surface area (Å²) in [6.07, 6.45) is 12.0. The van der Waals surface area contributed by atoms with E-state index >= 15 is 0 Å². The number of pyridine rings is 1. The lowest BCUT2D eigenvalue weighted by Gasteiger charge is -2.13. The van der Waals surface area contributed by atoms with E-state index < -0.39 is 10.4 Å². The van der Waals surface area contributed by atoms with Crippen LogP contribution in [0, 0.1) is 0 Å². The average Bonchev–Trinajstić information content (AvgIpc) is 3.06. The third-order valence-electron chi connectivity index (χ3n) is 7.83. The maximum atomic E-state index is 8.63. The minimum absolute atomic E-state index is 1.16. The van der Waals surface area contributed by atoms with Crippen LogP contribution in [0.15, 0.2) is 127 Å². The van der Waals surface area contributed by atoms with Crippen LogP contribution in [-0.2, 0) is 16.8 Å². The normalized spacial score (nSPS) is 11.1. The van der Waals surface area contributed by atoms with Gasteiger partial charge in [-0.25, -0.2) is 8.42 Å². The van der Waals surface area contributed by atoms with Crippen molar-refractivity contribution < 1.29 is 22.1 Å². The first-order valence-electron chi connectivity index (χ1n) is 15.9. The highest BCUT2D eigenvalue weighted by atomic mass is 32.3. The molecule has 0 unspecified atom stereocenters. The van der Waals surface area contributed by atoms with Gasteiger partial charge in [-0.15, -0.1) is 0 Å². The smallest absolute Gasteiger partial charge is 0.219 e. The van der Waals surface area contributed by atoms with E-state index in [1.165, 1.54) is 96.3 Å². The Hall–Kier alpha value is -4.10. The van der Waals surface area contributed by atoms with E-state index in [1.54, 1.807) is 0 Å². The number of nitrogens with zero attached hydrogens (tertiary/aromatic N) is 1. The third kappa shape index (κ3) is 11.1. The average molecular weight is 622 g/mol. The van der Waals surface area contributed by atoms with Gasteiger partial charge in [0.25, 0.3) is 0 Å². The number of rotatable bonds is 13. The number of aryl methyl sites for hydroxylation is 1. The minimum Gasteiger partial charge on any atom is -0.726 e. The fourth-order valence-electron chi connectivity index (χ4n) is 5.59. The fourth-order valence-corrected chi connectivity index (χ4v) is 5.59. The second-order valence-electron chi connectivity index (χ2n) is 11.3. The minimum atomic E-state index is -4.92. The molecule has 0 aliphatic carbocycles. The Bertz CT molecular complexity index is 1620. The van der Waals surface area contributed by atoms with Crippen molar-refractivity contribution in [2.45, 2.75) is 64.7 Å². The summed E-state index contributed by atoms with van der Waals surface area (Å²) in [5.74, 6) is 0. The predicted octanol–water partition coefficient (Wildman–Crippen LogP) is 9.65. The molecule has 45 heavy (non-hydrogen) atoms. The van der Waals surface area contributed by atoms with Crippen LogP contribution in [0.1, 0.15) is 63.9 Å². The Morgan fingerprint density at radius 2 is 0.956 bits per heavy atom. The zero-order chi connectivity index (χ0) is 31.9. The molecule has 6 heteroatoms. The molecule has 0 atom stereocenters. The molecule has 234 valence electrons. The van der Waals surface area contributed by atoms with Gasteiger partial charge < -0.3 is 4.55 Å². The maximum Gasteiger partial charge on any atom is 0.219 e. The first kappa shape index (κ1) is 33.8. The highest BCUT2D eigenvalue weighted by Crippen LogP contribution is 2.30. The van der Waals surface area contributed by atoms with Crippen molar-refractivity contribution in [3.8, 4) is 39.3 Å². The molecule has 0 saturated heterocycles. The van der Waals surface area contributed by atoms with E-state index in [9.17, 15) is 0 Å². The SMILES string of the molecule is CCCCCCCCCCc1ccc(-[n+]2c(-c3ccccc3)cc(-c3ccccc3)cc2-c2ccccc2)cc1.O=S(=O)([O-])O. The standard InChI is InChI=1S/C39H42N.H2O4S/c1-2-3-4-5-6-7-8-12-19-32-26-28-37(29-27-32)40-38(34-22-15-10-16-23-34)30-36(33-20-13-9-14-21-33)31-39(40)35-24-17-11-18-25-35;1-5(2,3)4/h9-11,13-18,20-31H,2-8,12,19H2,1H3;(H2,1,2,3,4)/q+1;/p-1. The van der Waals surface area contributed by atoms with E-state index in [1.807, 2.05) is 0 Å². The van der Waals surface area contributed by atoms with Gasteiger partial charge in [0.05, 0.1) is 0 Å². The van der Waals surface area contributed by atoms with Gasteiger partial charge in [0.1, 0.15) is 0 Å². The van der Waals surface area contributed by atoms with Gasteiger partial charge in [0.15, 0.2) is 0 Å². The molecule has 4 aromatic carbocycles. The van der Waals surface area contributed by atoms with Crippen LogP contribution in [0.25, 0.3) is 39.3 Å². The summed E-state index contributed by atoms with van der Waals surface area (Å²) in [7, 11) is -4.92. The molecule has 5 rings (SSSR count). The lowest BCUT2D eigenvalue weighted by Crippen LogP contribution is -2.36. The predicted molar refractivity (Wildman–Crippen MR) is 183 cm³/mol. The van der Waals surface area contributed by atoms with E-state index in [4.69, 9.17) is 17.5 Å². The quantitative estimate of drug-likeness (QED) is 0.0614. The van der Waals surface area contributed by atoms with Crippen LogP contribution >= 0.6 is 0 Å². The summed E-state index contributed by atoms with van der Waals surface area (Å²) in [4.78, 5) is 0. The number of hydrogen-bond donors (Lipinski definition) is 1. The second kappa shape index (κ2) is 17.4. The number of unbranched alkanes of at least 4 members (excludes halogenated alkanes) is 7. The van der Waals surface area contributed by atoms with E-state index in [0.717, 1.165) is 6.42 Å². The van der Waals surface area contributed by atoms with Crippen molar-refractivity contribution in [3.05, 3.63) is 133 Å². The lowest BCUT2D eigenvalue weighted by molar-refractivity contribution is -0.572. The zero-order valence-corrected chi connectivity index (χ0v) is 26.8. The van der Waals surface area contributed by atoms with Gasteiger partial charge in [0, 0.05) is 35.4 Å². The number of aromatic nitrogens is 1. The zero-order valence-electron chi connectivity index (χ0n) is 26.0. The number of benzene rings is 4. The Balaban J connectivity index is 0.000000854. The second-order valence-corrected chi connectivity index (χ2v) is 12.1. The van der Waals surface area contributed by atoms with Gasteiger partial charge in [-0.3, -0.25) is 4.55 Å². The van der Waals surface area contributed by atoms with Gasteiger partial charge in [0.2, 0.25) is 27.5 Å². The summed E-state index contributed by atoms with van der Waals surface area (Å²) in [5.41, 5.74) is 9.87. The van der Waals surface area contributed by atoms with Crippen LogP contribution in [-0.4, -0.2) is 17.5 Å². The van der Waals surface area contributed by atoms with Gasteiger partial charge in [-0.1, -0.05) is 131 Å². The molecule has 0 bridgehead atoms. The Morgan fingerprint density at radius 1 is 0.556 bits per heavy atom. The topological polar surface area (TPSA) is 81.3 Å². The van der Waals surface area contributed by atoms with Crippen LogP contribution in [0.4, 0.5) is 0 Å². The van der Waals surface area contributed by atoms with Gasteiger partial charge in [-0.2, -0.15) is 4.57 Å². The van der Waals surface area contributed by atoms with E-state index in [-0.39, 0.29) is 0 Å². The molecule has 5 aromatic rings. The largest absolute Gasteiger partial charge is 0.726 e. The van der Waals surface area contributed by atoms with Crippen molar-refractivity contribution in [2.24, 2.45) is 0 Å². The third-order valence-corrected chi connectivity index (χ3v) is 7.83. The number of hydrogen-bond acceptors (Lipinski definition) is 3. The molecule has 0 spiro atoms. The van der Waals surface area contributed by atoms with Crippen molar-refractivity contribution >= 4 is 10.4 Å². The maximum absolute atomic E-state index is 8.63. The highest BCUT2D eigenvalue weighted by Gasteiger charge is 2.24. The van der Waals surface area contributed by atoms with Crippen molar-refractivity contribution in [1.29, 1.82) is 0 Å². The summed E-state index contributed by atoms with van der Waals surface area (Å²) in [6.45, 7) is 2.29. The molecule has 1 heterocycles. The van der Waals surface area contributed by atoms with Crippen LogP contribution in [0.2, 0.25) is 0 Å². The monoisotopic (exact) mass is 621 g/mol. The first-order chi connectivity index (χ1) is 21.8. The summed E-state index contributed by atoms with van der Waals surface area (Å²) < 4.78 is 35.3. The molecular weight excluding hydrogens is 578 g/mol. The summed E-state index contributed by atoms with van der Waals surface area (Å²) >= 11 is 0. The molecule has 0 fully saturated rings. The van der Waals surface area contributed by atoms with Crippen molar-refractivity contribution in [1.82, 2.24) is 0 Å². The highest BCUT2D eigenvalue weighted by molar-refractivity contribution is 7.79. The van der Waals surface area contributed by atoms with Crippen molar-refractivity contribution in [3.63, 3.8) is 0 Å². The Morgan fingerprint density at radius 3 is 1.40 bits per heavy atom. The molecule has 5 nitrogen and oxygen atoms in total. The Kier molecular flexibility index (Phi) is 13.1. The van der Waals surface area contributed by atoms with Crippen molar-refractivity contribution in [2.75, 3.05) is 0 Å². The van der Waals surface area contributed by atoms with Crippen LogP contribution in [0.5, 0.6) is 0 Å². The molecule has 1 N–H and O–H groups in total. The Labute approximate surface area is 268 Å². The van der Waals surface area contributed by atoms with Gasteiger partial charge in [-0.05, 0) is 53.8 Å². The van der Waals surface area contributed by atoms with E-state index in [0.29, 0.717) is 0 Å². The van der Waals surface area contributed by atoms with Gasteiger partial charge >= 0.3 is 0 Å². The first-order valence-corrected chi connectivity index (χ1v) is 17.2. The molecule has 0 radical (unpaired) electrons. The molecule has 1 aromatic heterocycles. The molecule has 0 amide bonds. The molecule has 0 aliphatic heterocycles. The van der Waals surface area contributed by atoms with E-state index in [2.05, 4.69) is 139 Å². The van der Waals surface area contributed by atoms with Crippen LogP contribution < -0.4 is 4.57 Å². The molecular formula is C39H43NO4S. The molecule has 0 aliphatic rings. The summed E-state index contributed by atoms with van der Waals surface area (Å²) in [6, 6.07) is 46.2. The summed E-state index contributed by atoms with van der Waals surface area (Å²) in [5, 5.41) is 0. The van der Waals surface area contributed by atoms with Crippen LogP contribution in [0.3, 0.4) is 0 Å².